The van der Waals surface area contributed by atoms with Crippen LogP contribution in [0.15, 0.2) is 18.2 Å². The maximum atomic E-state index is 11.6. The summed E-state index contributed by atoms with van der Waals surface area (Å²) in [5.41, 5.74) is 0.373. The first-order valence-corrected chi connectivity index (χ1v) is 6.47. The van der Waals surface area contributed by atoms with Crippen LogP contribution >= 0.6 is 0 Å². The average molecular weight is 281 g/mol. The first-order valence-electron chi connectivity index (χ1n) is 6.47. The molecule has 0 aliphatic rings. The lowest BCUT2D eigenvalue weighted by Crippen LogP contribution is -2.32. The van der Waals surface area contributed by atoms with Crippen molar-refractivity contribution in [2.24, 2.45) is 5.41 Å². The van der Waals surface area contributed by atoms with E-state index in [1.54, 1.807) is 21.0 Å². The summed E-state index contributed by atoms with van der Waals surface area (Å²) in [7, 11) is 4.84. The third-order valence-corrected chi connectivity index (χ3v) is 2.94. The van der Waals surface area contributed by atoms with E-state index >= 15 is 0 Å². The molecule has 0 atom stereocenters. The fraction of sp³-hybridized carbons (Fsp3) is 0.533. The van der Waals surface area contributed by atoms with Gasteiger partial charge in [0.05, 0.1) is 19.6 Å². The molecule has 112 valence electrons. The predicted molar refractivity (Wildman–Crippen MR) is 77.0 cm³/mol. The van der Waals surface area contributed by atoms with Crippen LogP contribution in [0, 0.1) is 5.41 Å². The normalized spacial score (nSPS) is 11.1. The van der Waals surface area contributed by atoms with Crippen LogP contribution in [0.4, 0.5) is 0 Å². The van der Waals surface area contributed by atoms with Crippen LogP contribution in [0.2, 0.25) is 0 Å². The average Bonchev–Trinajstić information content (AvgIpc) is 2.44. The van der Waals surface area contributed by atoms with E-state index in [4.69, 9.17) is 14.2 Å². The summed E-state index contributed by atoms with van der Waals surface area (Å²) in [6.07, 6.45) is 0. The van der Waals surface area contributed by atoms with Crippen molar-refractivity contribution >= 4 is 5.97 Å². The molecular weight excluding hydrogens is 258 g/mol. The number of benzene rings is 1. The molecule has 1 aromatic rings. The first-order chi connectivity index (χ1) is 9.44. The highest BCUT2D eigenvalue weighted by molar-refractivity contribution is 5.75. The third kappa shape index (κ3) is 4.13. The summed E-state index contributed by atoms with van der Waals surface area (Å²) in [4.78, 5) is 11.6. The second kappa shape index (κ2) is 7.14. The van der Waals surface area contributed by atoms with E-state index in [2.05, 4.69) is 5.32 Å². The van der Waals surface area contributed by atoms with Gasteiger partial charge in [0.1, 0.15) is 6.61 Å². The Labute approximate surface area is 120 Å². The molecule has 0 bridgehead atoms. The van der Waals surface area contributed by atoms with Gasteiger partial charge in [-0.05, 0) is 38.6 Å². The van der Waals surface area contributed by atoms with Crippen LogP contribution in [-0.4, -0.2) is 33.8 Å². The molecule has 5 nitrogen and oxygen atoms in total. The molecule has 0 spiro atoms. The number of carbonyl (C=O) groups excluding carboxylic acids is 1. The van der Waals surface area contributed by atoms with E-state index in [0.717, 1.165) is 12.1 Å². The van der Waals surface area contributed by atoms with Crippen LogP contribution < -0.4 is 14.8 Å². The van der Waals surface area contributed by atoms with Crippen LogP contribution in [0.25, 0.3) is 0 Å². The van der Waals surface area contributed by atoms with Crippen LogP contribution in [0.5, 0.6) is 11.5 Å². The van der Waals surface area contributed by atoms with Crippen molar-refractivity contribution in [3.05, 3.63) is 23.8 Å². The summed E-state index contributed by atoms with van der Waals surface area (Å²) in [5.74, 6) is 0.964. The van der Waals surface area contributed by atoms with Gasteiger partial charge in [0.25, 0.3) is 0 Å². The number of nitrogens with one attached hydrogen (secondary N) is 1. The van der Waals surface area contributed by atoms with Crippen molar-refractivity contribution in [2.45, 2.75) is 20.4 Å². The standard InChI is InChI=1S/C15H23NO4/c1-15(2,14(17)19-5)10-20-13-8-11(9-16-3)6-7-12(13)18-4/h6-8,16H,9-10H2,1-5H3. The molecule has 20 heavy (non-hydrogen) atoms. The summed E-state index contributed by atoms with van der Waals surface area (Å²) < 4.78 is 15.8. The van der Waals surface area contributed by atoms with Crippen molar-refractivity contribution in [3.8, 4) is 11.5 Å². The van der Waals surface area contributed by atoms with E-state index in [0.29, 0.717) is 11.5 Å². The summed E-state index contributed by atoms with van der Waals surface area (Å²) in [5, 5.41) is 3.08. The first kappa shape index (κ1) is 16.3. The minimum atomic E-state index is -0.710. The molecule has 5 heteroatoms. The van der Waals surface area contributed by atoms with Crippen molar-refractivity contribution < 1.29 is 19.0 Å². The van der Waals surface area contributed by atoms with Gasteiger partial charge in [0.15, 0.2) is 11.5 Å². The monoisotopic (exact) mass is 281 g/mol. The van der Waals surface area contributed by atoms with E-state index < -0.39 is 5.41 Å². The van der Waals surface area contributed by atoms with Gasteiger partial charge in [-0.2, -0.15) is 0 Å². The second-order valence-corrected chi connectivity index (χ2v) is 5.18. The number of ether oxygens (including phenoxy) is 3. The highest BCUT2D eigenvalue weighted by Gasteiger charge is 2.30. The van der Waals surface area contributed by atoms with Gasteiger partial charge in [-0.3, -0.25) is 4.79 Å². The van der Waals surface area contributed by atoms with E-state index in [1.165, 1.54) is 7.11 Å². The van der Waals surface area contributed by atoms with Gasteiger partial charge in [-0.15, -0.1) is 0 Å². The lowest BCUT2D eigenvalue weighted by atomic mass is 9.95. The van der Waals surface area contributed by atoms with Crippen molar-refractivity contribution in [3.63, 3.8) is 0 Å². The number of esters is 1. The number of carbonyl (C=O) groups is 1. The van der Waals surface area contributed by atoms with Gasteiger partial charge < -0.3 is 19.5 Å². The maximum Gasteiger partial charge on any atom is 0.314 e. The molecule has 1 aromatic carbocycles. The van der Waals surface area contributed by atoms with Gasteiger partial charge in [-0.1, -0.05) is 6.07 Å². The van der Waals surface area contributed by atoms with Crippen LogP contribution in [0.1, 0.15) is 19.4 Å². The van der Waals surface area contributed by atoms with Crippen LogP contribution in [0.3, 0.4) is 0 Å². The third-order valence-electron chi connectivity index (χ3n) is 2.94. The SMILES string of the molecule is CNCc1ccc(OC)c(OCC(C)(C)C(=O)OC)c1. The predicted octanol–water partition coefficient (Wildman–Crippen LogP) is 1.99. The van der Waals surface area contributed by atoms with Gasteiger partial charge >= 0.3 is 5.97 Å². The molecule has 0 fully saturated rings. The maximum absolute atomic E-state index is 11.6. The quantitative estimate of drug-likeness (QED) is 0.775. The molecule has 0 saturated carbocycles. The number of hydrogen-bond donors (Lipinski definition) is 1. The molecule has 0 unspecified atom stereocenters. The lowest BCUT2D eigenvalue weighted by Gasteiger charge is -2.22. The number of rotatable bonds is 7. The van der Waals surface area contributed by atoms with Gasteiger partial charge in [0.2, 0.25) is 0 Å². The van der Waals surface area contributed by atoms with Crippen molar-refractivity contribution in [2.75, 3.05) is 27.9 Å². The van der Waals surface area contributed by atoms with Crippen LogP contribution in [-0.2, 0) is 16.1 Å². The lowest BCUT2D eigenvalue weighted by molar-refractivity contribution is -0.152. The minimum absolute atomic E-state index is 0.221. The fourth-order valence-electron chi connectivity index (χ4n) is 1.74. The second-order valence-electron chi connectivity index (χ2n) is 5.18. The molecule has 0 aromatic heterocycles. The largest absolute Gasteiger partial charge is 0.493 e. The highest BCUT2D eigenvalue weighted by Crippen LogP contribution is 2.30. The Balaban J connectivity index is 2.84. The van der Waals surface area contributed by atoms with Gasteiger partial charge in [-0.25, -0.2) is 0 Å². The molecule has 0 heterocycles. The topological polar surface area (TPSA) is 56.8 Å². The minimum Gasteiger partial charge on any atom is -0.493 e. The zero-order valence-corrected chi connectivity index (χ0v) is 12.8. The molecule has 1 N–H and O–H groups in total. The van der Waals surface area contributed by atoms with E-state index in [1.807, 2.05) is 25.2 Å². The Morgan fingerprint density at radius 1 is 1.25 bits per heavy atom. The Hall–Kier alpha value is -1.75. The Morgan fingerprint density at radius 2 is 1.95 bits per heavy atom. The summed E-state index contributed by atoms with van der Waals surface area (Å²) in [6.45, 7) is 4.52. The molecule has 0 aliphatic carbocycles. The molecular formula is C15H23NO4. The van der Waals surface area contributed by atoms with Crippen molar-refractivity contribution in [1.82, 2.24) is 5.32 Å². The fourth-order valence-corrected chi connectivity index (χ4v) is 1.74. The molecule has 1 rings (SSSR count). The number of methoxy groups -OCH3 is 2. The molecule has 0 amide bonds. The Kier molecular flexibility index (Phi) is 5.82. The summed E-state index contributed by atoms with van der Waals surface area (Å²) >= 11 is 0. The zero-order valence-electron chi connectivity index (χ0n) is 12.8. The molecule has 0 aliphatic heterocycles. The number of hydrogen-bond acceptors (Lipinski definition) is 5. The highest BCUT2D eigenvalue weighted by atomic mass is 16.5. The molecule has 0 saturated heterocycles. The Morgan fingerprint density at radius 3 is 2.50 bits per heavy atom. The summed E-state index contributed by atoms with van der Waals surface area (Å²) in [6, 6.07) is 5.73. The molecule has 0 radical (unpaired) electrons. The Bertz CT molecular complexity index is 457. The van der Waals surface area contributed by atoms with E-state index in [-0.39, 0.29) is 12.6 Å². The zero-order chi connectivity index (χ0) is 15.2. The smallest absolute Gasteiger partial charge is 0.314 e. The van der Waals surface area contributed by atoms with Crippen molar-refractivity contribution in [1.29, 1.82) is 0 Å². The van der Waals surface area contributed by atoms with E-state index in [9.17, 15) is 4.79 Å². The van der Waals surface area contributed by atoms with Gasteiger partial charge in [0, 0.05) is 6.54 Å².